The molecular formula is C16H21N5O2S. The summed E-state index contributed by atoms with van der Waals surface area (Å²) in [6.07, 6.45) is 2.12. The molecule has 0 spiro atoms. The zero-order valence-electron chi connectivity index (χ0n) is 14.1. The van der Waals surface area contributed by atoms with Gasteiger partial charge in [-0.15, -0.1) is 11.3 Å². The van der Waals surface area contributed by atoms with Crippen molar-refractivity contribution < 1.29 is 9.90 Å². The highest BCUT2D eigenvalue weighted by Crippen LogP contribution is 2.27. The van der Waals surface area contributed by atoms with Gasteiger partial charge in [0.05, 0.1) is 17.7 Å². The Hall–Kier alpha value is -2.06. The van der Waals surface area contributed by atoms with Gasteiger partial charge >= 0.3 is 0 Å². The maximum atomic E-state index is 12.5. The van der Waals surface area contributed by atoms with E-state index in [1.807, 2.05) is 24.8 Å². The number of amides is 1. The van der Waals surface area contributed by atoms with Crippen LogP contribution in [0, 0.1) is 13.8 Å². The SMILES string of the molecule is Cc1cc(N2CC[C@](O)(CN(C)C(=O)c3scnc3C)C2)ncn1. The molecule has 0 saturated carbocycles. The molecule has 1 atom stereocenters. The van der Waals surface area contributed by atoms with E-state index in [1.54, 1.807) is 17.5 Å². The van der Waals surface area contributed by atoms with E-state index in [-0.39, 0.29) is 12.5 Å². The molecule has 1 saturated heterocycles. The fourth-order valence-electron chi connectivity index (χ4n) is 2.99. The van der Waals surface area contributed by atoms with E-state index in [2.05, 4.69) is 15.0 Å². The fourth-order valence-corrected chi connectivity index (χ4v) is 3.78. The first kappa shape index (κ1) is 16.8. The lowest BCUT2D eigenvalue weighted by Gasteiger charge is -2.29. The minimum Gasteiger partial charge on any atom is -0.386 e. The van der Waals surface area contributed by atoms with Crippen LogP contribution in [0.1, 0.15) is 27.5 Å². The van der Waals surface area contributed by atoms with E-state index in [0.717, 1.165) is 17.2 Å². The van der Waals surface area contributed by atoms with Crippen molar-refractivity contribution in [2.75, 3.05) is 31.6 Å². The van der Waals surface area contributed by atoms with Crippen LogP contribution < -0.4 is 4.90 Å². The standard InChI is InChI=1S/C16H21N5O2S/c1-11-6-13(18-9-17-11)21-5-4-16(23,8-21)7-20(3)15(22)14-12(2)19-10-24-14/h6,9-10,23H,4-5,7-8H2,1-3H3/t16-/m0/s1. The van der Waals surface area contributed by atoms with Gasteiger partial charge in [-0.25, -0.2) is 15.0 Å². The van der Waals surface area contributed by atoms with Crippen molar-refractivity contribution in [2.45, 2.75) is 25.9 Å². The first-order valence-electron chi connectivity index (χ1n) is 7.79. The van der Waals surface area contributed by atoms with Gasteiger partial charge in [-0.1, -0.05) is 0 Å². The summed E-state index contributed by atoms with van der Waals surface area (Å²) in [6.45, 7) is 5.17. The van der Waals surface area contributed by atoms with Gasteiger partial charge in [0.25, 0.3) is 5.91 Å². The number of β-amino-alcohol motifs (C(OH)–C–C–N with tert-alkyl or cyclic N) is 1. The van der Waals surface area contributed by atoms with Gasteiger partial charge in [-0.2, -0.15) is 0 Å². The fraction of sp³-hybridized carbons (Fsp3) is 0.500. The van der Waals surface area contributed by atoms with E-state index in [9.17, 15) is 9.90 Å². The van der Waals surface area contributed by atoms with Crippen molar-refractivity contribution in [1.82, 2.24) is 19.9 Å². The normalized spacial score (nSPS) is 20.4. The Kier molecular flexibility index (Phi) is 4.51. The summed E-state index contributed by atoms with van der Waals surface area (Å²) in [5, 5.41) is 10.9. The Morgan fingerprint density at radius 2 is 2.21 bits per heavy atom. The minimum atomic E-state index is -0.943. The van der Waals surface area contributed by atoms with Gasteiger partial charge < -0.3 is 14.9 Å². The maximum absolute atomic E-state index is 12.5. The van der Waals surface area contributed by atoms with Crippen LogP contribution in [0.4, 0.5) is 5.82 Å². The molecule has 1 amide bonds. The number of carbonyl (C=O) groups excluding carboxylic acids is 1. The lowest BCUT2D eigenvalue weighted by atomic mass is 10.0. The van der Waals surface area contributed by atoms with E-state index in [1.165, 1.54) is 17.7 Å². The number of aliphatic hydroxyl groups is 1. The molecule has 3 heterocycles. The van der Waals surface area contributed by atoms with E-state index < -0.39 is 5.60 Å². The van der Waals surface area contributed by atoms with Crippen LogP contribution in [0.15, 0.2) is 17.9 Å². The highest BCUT2D eigenvalue weighted by Gasteiger charge is 2.38. The smallest absolute Gasteiger partial charge is 0.265 e. The third kappa shape index (κ3) is 3.39. The molecule has 8 heteroatoms. The van der Waals surface area contributed by atoms with Crippen LogP contribution in [0.2, 0.25) is 0 Å². The molecule has 0 radical (unpaired) electrons. The molecule has 1 fully saturated rings. The van der Waals surface area contributed by atoms with E-state index in [4.69, 9.17) is 0 Å². The van der Waals surface area contributed by atoms with Crippen LogP contribution in [-0.2, 0) is 0 Å². The third-order valence-corrected chi connectivity index (χ3v) is 5.18. The lowest BCUT2D eigenvalue weighted by Crippen LogP contribution is -2.45. The highest BCUT2D eigenvalue weighted by atomic mass is 32.1. The summed E-state index contributed by atoms with van der Waals surface area (Å²) in [4.78, 5) is 29.2. The molecule has 2 aromatic rings. The zero-order chi connectivity index (χ0) is 17.3. The van der Waals surface area contributed by atoms with Crippen molar-refractivity contribution in [2.24, 2.45) is 0 Å². The monoisotopic (exact) mass is 347 g/mol. The highest BCUT2D eigenvalue weighted by molar-refractivity contribution is 7.11. The number of nitrogens with zero attached hydrogens (tertiary/aromatic N) is 5. The van der Waals surface area contributed by atoms with Gasteiger partial charge in [-0.05, 0) is 20.3 Å². The number of anilines is 1. The molecular weight excluding hydrogens is 326 g/mol. The number of likely N-dealkylation sites (N-methyl/N-ethyl adjacent to an activating group) is 1. The lowest BCUT2D eigenvalue weighted by molar-refractivity contribution is 0.0266. The Labute approximate surface area is 145 Å². The van der Waals surface area contributed by atoms with Crippen molar-refractivity contribution in [3.63, 3.8) is 0 Å². The molecule has 24 heavy (non-hydrogen) atoms. The predicted molar refractivity (Wildman–Crippen MR) is 92.4 cm³/mol. The molecule has 0 unspecified atom stereocenters. The first-order valence-corrected chi connectivity index (χ1v) is 8.67. The maximum Gasteiger partial charge on any atom is 0.265 e. The third-order valence-electron chi connectivity index (χ3n) is 4.26. The number of hydrogen-bond donors (Lipinski definition) is 1. The van der Waals surface area contributed by atoms with Crippen LogP contribution >= 0.6 is 11.3 Å². The van der Waals surface area contributed by atoms with Gasteiger partial charge in [0.1, 0.15) is 22.6 Å². The van der Waals surface area contributed by atoms with E-state index in [0.29, 0.717) is 24.4 Å². The average Bonchev–Trinajstić information content (AvgIpc) is 3.13. The number of aromatic nitrogens is 3. The van der Waals surface area contributed by atoms with Crippen molar-refractivity contribution in [3.8, 4) is 0 Å². The van der Waals surface area contributed by atoms with E-state index >= 15 is 0 Å². The summed E-state index contributed by atoms with van der Waals surface area (Å²) < 4.78 is 0. The molecule has 128 valence electrons. The Morgan fingerprint density at radius 3 is 2.88 bits per heavy atom. The molecule has 7 nitrogen and oxygen atoms in total. The molecule has 0 bridgehead atoms. The molecule has 1 aliphatic heterocycles. The van der Waals surface area contributed by atoms with Crippen molar-refractivity contribution in [3.05, 3.63) is 34.2 Å². The van der Waals surface area contributed by atoms with Crippen LogP contribution in [0.5, 0.6) is 0 Å². The van der Waals surface area contributed by atoms with Crippen molar-refractivity contribution in [1.29, 1.82) is 0 Å². The quantitative estimate of drug-likeness (QED) is 0.897. The van der Waals surface area contributed by atoms with Gasteiger partial charge in [0.15, 0.2) is 0 Å². The molecule has 2 aromatic heterocycles. The second kappa shape index (κ2) is 6.45. The van der Waals surface area contributed by atoms with Gasteiger partial charge in [-0.3, -0.25) is 4.79 Å². The number of aryl methyl sites for hydroxylation is 2. The van der Waals surface area contributed by atoms with Crippen LogP contribution in [0.25, 0.3) is 0 Å². The number of thiazole rings is 1. The van der Waals surface area contributed by atoms with Gasteiger partial charge in [0, 0.05) is 31.9 Å². The number of hydrogen-bond acceptors (Lipinski definition) is 7. The summed E-state index contributed by atoms with van der Waals surface area (Å²) >= 11 is 1.33. The first-order chi connectivity index (χ1) is 11.4. The zero-order valence-corrected chi connectivity index (χ0v) is 14.9. The largest absolute Gasteiger partial charge is 0.386 e. The van der Waals surface area contributed by atoms with Crippen LogP contribution in [-0.4, -0.2) is 63.1 Å². The molecule has 1 N–H and O–H groups in total. The Morgan fingerprint density at radius 1 is 1.42 bits per heavy atom. The predicted octanol–water partition coefficient (Wildman–Crippen LogP) is 1.26. The number of carbonyl (C=O) groups is 1. The Balaban J connectivity index is 1.67. The topological polar surface area (TPSA) is 82.5 Å². The number of rotatable bonds is 4. The second-order valence-electron chi connectivity index (χ2n) is 6.34. The summed E-state index contributed by atoms with van der Waals surface area (Å²) in [7, 11) is 1.72. The summed E-state index contributed by atoms with van der Waals surface area (Å²) in [6, 6.07) is 1.90. The molecule has 0 aliphatic carbocycles. The van der Waals surface area contributed by atoms with Crippen molar-refractivity contribution >= 4 is 23.1 Å². The summed E-state index contributed by atoms with van der Waals surface area (Å²) in [5.74, 6) is 0.713. The summed E-state index contributed by atoms with van der Waals surface area (Å²) in [5.41, 5.74) is 2.35. The molecule has 3 rings (SSSR count). The Bertz CT molecular complexity index is 750. The average molecular weight is 347 g/mol. The van der Waals surface area contributed by atoms with Gasteiger partial charge in [0.2, 0.25) is 0 Å². The molecule has 1 aliphatic rings. The van der Waals surface area contributed by atoms with Crippen LogP contribution in [0.3, 0.4) is 0 Å². The second-order valence-corrected chi connectivity index (χ2v) is 7.20. The molecule has 0 aromatic carbocycles. The minimum absolute atomic E-state index is 0.0974.